The van der Waals surface area contributed by atoms with E-state index in [-0.39, 0.29) is 10.6 Å². The highest BCUT2D eigenvalue weighted by atomic mass is 79.9. The quantitative estimate of drug-likeness (QED) is 0.875. The maximum absolute atomic E-state index is 11.1. The highest BCUT2D eigenvalue weighted by Gasteiger charge is 2.13. The van der Waals surface area contributed by atoms with Crippen molar-refractivity contribution in [3.05, 3.63) is 38.4 Å². The van der Waals surface area contributed by atoms with Crippen LogP contribution in [0.3, 0.4) is 0 Å². The van der Waals surface area contributed by atoms with Gasteiger partial charge in [-0.15, -0.1) is 0 Å². The molecule has 0 saturated carbocycles. The first kappa shape index (κ1) is 11.6. The number of pyridine rings is 1. The van der Waals surface area contributed by atoms with Crippen LogP contribution >= 0.6 is 39.1 Å². The molecule has 2 rings (SSSR count). The molecule has 1 heterocycles. The van der Waals surface area contributed by atoms with Crippen LogP contribution in [0.25, 0.3) is 10.9 Å². The van der Waals surface area contributed by atoms with E-state index in [0.717, 1.165) is 4.47 Å². The summed E-state index contributed by atoms with van der Waals surface area (Å²) in [4.78, 5) is 15.2. The molecule has 0 radical (unpaired) electrons. The molecule has 6 heteroatoms. The number of amides is 1. The summed E-state index contributed by atoms with van der Waals surface area (Å²) in [6.45, 7) is 0. The summed E-state index contributed by atoms with van der Waals surface area (Å²) >= 11 is 15.4. The van der Waals surface area contributed by atoms with Gasteiger partial charge < -0.3 is 5.73 Å². The Morgan fingerprint density at radius 1 is 1.38 bits per heavy atom. The van der Waals surface area contributed by atoms with Crippen molar-refractivity contribution < 1.29 is 4.79 Å². The van der Waals surface area contributed by atoms with Crippen molar-refractivity contribution >= 4 is 55.9 Å². The topological polar surface area (TPSA) is 56.0 Å². The zero-order valence-electron chi connectivity index (χ0n) is 7.80. The fraction of sp³-hybridized carbons (Fsp3) is 0. The molecule has 0 aliphatic rings. The van der Waals surface area contributed by atoms with E-state index in [4.69, 9.17) is 28.9 Å². The number of nitrogens with two attached hydrogens (primary N) is 1. The van der Waals surface area contributed by atoms with Gasteiger partial charge >= 0.3 is 0 Å². The van der Waals surface area contributed by atoms with Crippen LogP contribution in [0.15, 0.2) is 22.8 Å². The maximum atomic E-state index is 11.1. The lowest BCUT2D eigenvalue weighted by molar-refractivity contribution is 0.100. The molecule has 82 valence electrons. The van der Waals surface area contributed by atoms with Gasteiger partial charge in [0.25, 0.3) is 5.91 Å². The van der Waals surface area contributed by atoms with Crippen molar-refractivity contribution in [1.29, 1.82) is 0 Å². The molecule has 0 fully saturated rings. The molecule has 0 spiro atoms. The molecule has 0 saturated heterocycles. The molecule has 1 aromatic carbocycles. The molecule has 2 aromatic rings. The van der Waals surface area contributed by atoms with Crippen LogP contribution in [0.5, 0.6) is 0 Å². The summed E-state index contributed by atoms with van der Waals surface area (Å²) in [6.07, 6.45) is 1.33. The van der Waals surface area contributed by atoms with Gasteiger partial charge in [-0.1, -0.05) is 39.1 Å². The normalized spacial score (nSPS) is 10.7. The zero-order chi connectivity index (χ0) is 11.9. The van der Waals surface area contributed by atoms with Gasteiger partial charge in [0, 0.05) is 16.1 Å². The number of primary amides is 1. The summed E-state index contributed by atoms with van der Waals surface area (Å²) in [6, 6.07) is 3.44. The van der Waals surface area contributed by atoms with Crippen LogP contribution in [0.4, 0.5) is 0 Å². The monoisotopic (exact) mass is 318 g/mol. The number of carbonyl (C=O) groups is 1. The molecule has 0 atom stereocenters. The molecular formula is C10H5BrCl2N2O. The number of rotatable bonds is 1. The number of nitrogens with zero attached hydrogens (tertiary/aromatic N) is 1. The lowest BCUT2D eigenvalue weighted by atomic mass is 10.1. The van der Waals surface area contributed by atoms with Gasteiger partial charge in [-0.3, -0.25) is 9.78 Å². The summed E-state index contributed by atoms with van der Waals surface area (Å²) in [5, 5.41) is 1.32. The van der Waals surface area contributed by atoms with Gasteiger partial charge in [-0.05, 0) is 12.1 Å². The molecule has 16 heavy (non-hydrogen) atoms. The largest absolute Gasteiger partial charge is 0.366 e. The van der Waals surface area contributed by atoms with E-state index in [1.54, 1.807) is 12.1 Å². The first-order valence-electron chi connectivity index (χ1n) is 4.23. The van der Waals surface area contributed by atoms with E-state index >= 15 is 0 Å². The molecule has 3 nitrogen and oxygen atoms in total. The van der Waals surface area contributed by atoms with Crippen LogP contribution in [-0.4, -0.2) is 10.9 Å². The van der Waals surface area contributed by atoms with Gasteiger partial charge in [-0.25, -0.2) is 0 Å². The average molecular weight is 320 g/mol. The third-order valence-electron chi connectivity index (χ3n) is 2.09. The van der Waals surface area contributed by atoms with E-state index in [0.29, 0.717) is 15.9 Å². The van der Waals surface area contributed by atoms with Gasteiger partial charge in [0.05, 0.1) is 21.1 Å². The maximum Gasteiger partial charge on any atom is 0.251 e. The second kappa shape index (κ2) is 4.20. The molecule has 0 unspecified atom stereocenters. The van der Waals surface area contributed by atoms with Crippen molar-refractivity contribution in [3.8, 4) is 0 Å². The first-order chi connectivity index (χ1) is 7.50. The van der Waals surface area contributed by atoms with E-state index < -0.39 is 5.91 Å². The van der Waals surface area contributed by atoms with E-state index in [1.165, 1.54) is 6.20 Å². The van der Waals surface area contributed by atoms with Crippen LogP contribution in [0.1, 0.15) is 10.4 Å². The molecule has 2 N–H and O–H groups in total. The average Bonchev–Trinajstić information content (AvgIpc) is 2.19. The Morgan fingerprint density at radius 3 is 2.69 bits per heavy atom. The molecule has 0 aliphatic heterocycles. The fourth-order valence-corrected chi connectivity index (χ4v) is 2.51. The number of halogens is 3. The Morgan fingerprint density at radius 2 is 2.06 bits per heavy atom. The van der Waals surface area contributed by atoms with Gasteiger partial charge in [0.1, 0.15) is 0 Å². The second-order valence-corrected chi connectivity index (χ2v) is 4.83. The predicted molar refractivity (Wildman–Crippen MR) is 68.0 cm³/mol. The third kappa shape index (κ3) is 1.88. The highest BCUT2D eigenvalue weighted by Crippen LogP contribution is 2.32. The molecule has 0 bridgehead atoms. The number of fused-ring (bicyclic) bond motifs is 1. The lowest BCUT2D eigenvalue weighted by Gasteiger charge is -2.06. The molecule has 1 aromatic heterocycles. The second-order valence-electron chi connectivity index (χ2n) is 3.13. The van der Waals surface area contributed by atoms with Crippen molar-refractivity contribution in [2.75, 3.05) is 0 Å². The van der Waals surface area contributed by atoms with Crippen molar-refractivity contribution in [2.45, 2.75) is 0 Å². The van der Waals surface area contributed by atoms with Crippen LogP contribution in [0, 0.1) is 0 Å². The highest BCUT2D eigenvalue weighted by molar-refractivity contribution is 9.10. The fourth-order valence-electron chi connectivity index (χ4n) is 1.37. The Kier molecular flexibility index (Phi) is 3.06. The van der Waals surface area contributed by atoms with Crippen LogP contribution in [0.2, 0.25) is 10.0 Å². The number of hydrogen-bond acceptors (Lipinski definition) is 2. The number of aromatic nitrogens is 1. The minimum absolute atomic E-state index is 0.184. The number of hydrogen-bond donors (Lipinski definition) is 1. The molecule has 0 aliphatic carbocycles. The van der Waals surface area contributed by atoms with E-state index in [9.17, 15) is 4.79 Å². The zero-order valence-corrected chi connectivity index (χ0v) is 10.9. The van der Waals surface area contributed by atoms with Crippen LogP contribution < -0.4 is 5.73 Å². The van der Waals surface area contributed by atoms with Crippen LogP contribution in [-0.2, 0) is 0 Å². The Bertz CT molecular complexity index is 601. The molecule has 1 amide bonds. The summed E-state index contributed by atoms with van der Waals surface area (Å²) in [5.41, 5.74) is 5.90. The molecular weight excluding hydrogens is 315 g/mol. The van der Waals surface area contributed by atoms with Gasteiger partial charge in [-0.2, -0.15) is 0 Å². The lowest BCUT2D eigenvalue weighted by Crippen LogP contribution is -2.12. The van der Waals surface area contributed by atoms with E-state index in [1.807, 2.05) is 0 Å². The first-order valence-corrected chi connectivity index (χ1v) is 5.78. The summed E-state index contributed by atoms with van der Waals surface area (Å²) in [7, 11) is 0. The van der Waals surface area contributed by atoms with Gasteiger partial charge in [0.2, 0.25) is 0 Å². The standard InChI is InChI=1S/C10H5BrCl2N2O/c11-4-1-5-8(13)6(10(14)16)3-15-9(5)7(12)2-4/h1-3H,(H2,14,16). The Labute approximate surface area is 110 Å². The SMILES string of the molecule is NC(=O)c1cnc2c(Cl)cc(Br)cc2c1Cl. The number of carbonyl (C=O) groups excluding carboxylic acids is 1. The number of benzene rings is 1. The summed E-state index contributed by atoms with van der Waals surface area (Å²) < 4.78 is 0.760. The van der Waals surface area contributed by atoms with Gasteiger partial charge in [0.15, 0.2) is 0 Å². The predicted octanol–water partition coefficient (Wildman–Crippen LogP) is 3.40. The smallest absolute Gasteiger partial charge is 0.251 e. The van der Waals surface area contributed by atoms with Crippen molar-refractivity contribution in [1.82, 2.24) is 4.98 Å². The Balaban J connectivity index is 2.89. The van der Waals surface area contributed by atoms with Crippen molar-refractivity contribution in [3.63, 3.8) is 0 Å². The van der Waals surface area contributed by atoms with E-state index in [2.05, 4.69) is 20.9 Å². The summed E-state index contributed by atoms with van der Waals surface area (Å²) in [5.74, 6) is -0.615. The minimum Gasteiger partial charge on any atom is -0.366 e. The minimum atomic E-state index is -0.615. The van der Waals surface area contributed by atoms with Crippen molar-refractivity contribution in [2.24, 2.45) is 5.73 Å². The Hall–Kier alpha value is -0.840. The third-order valence-corrected chi connectivity index (χ3v) is 3.24.